The molecule has 0 aliphatic carbocycles. The lowest BCUT2D eigenvalue weighted by Gasteiger charge is -2.15. The van der Waals surface area contributed by atoms with Crippen molar-refractivity contribution in [1.82, 2.24) is 0 Å². The molecule has 2 aromatic carbocycles. The first-order chi connectivity index (χ1) is 8.70. The van der Waals surface area contributed by atoms with Crippen molar-refractivity contribution in [2.45, 2.75) is 0 Å². The van der Waals surface area contributed by atoms with Crippen LogP contribution < -0.4 is 15.0 Å². The van der Waals surface area contributed by atoms with Gasteiger partial charge in [-0.1, -0.05) is 18.2 Å². The zero-order chi connectivity index (χ0) is 13.0. The standard InChI is InChI=1S/C15H18N2O/c1-17(2)13-8-6-7-12(11-13)16-14-9-4-5-10-15(14)18-3/h4-11,16H,1-3H3. The molecule has 0 aliphatic heterocycles. The van der Waals surface area contributed by atoms with Gasteiger partial charge in [-0.05, 0) is 30.3 Å². The lowest BCUT2D eigenvalue weighted by molar-refractivity contribution is 0.417. The van der Waals surface area contributed by atoms with Crippen LogP contribution in [0, 0.1) is 0 Å². The molecule has 0 amide bonds. The van der Waals surface area contributed by atoms with E-state index in [0.29, 0.717) is 0 Å². The fraction of sp³-hybridized carbons (Fsp3) is 0.200. The minimum absolute atomic E-state index is 0.841. The molecule has 1 N–H and O–H groups in total. The highest BCUT2D eigenvalue weighted by atomic mass is 16.5. The van der Waals surface area contributed by atoms with Gasteiger partial charge in [0.15, 0.2) is 0 Å². The lowest BCUT2D eigenvalue weighted by Crippen LogP contribution is -2.08. The van der Waals surface area contributed by atoms with E-state index in [4.69, 9.17) is 4.74 Å². The van der Waals surface area contributed by atoms with Crippen LogP contribution in [-0.2, 0) is 0 Å². The molecule has 2 rings (SSSR count). The van der Waals surface area contributed by atoms with Crippen molar-refractivity contribution in [3.05, 3.63) is 48.5 Å². The van der Waals surface area contributed by atoms with Crippen molar-refractivity contribution in [3.8, 4) is 5.75 Å². The number of methoxy groups -OCH3 is 1. The first kappa shape index (κ1) is 12.3. The Bertz CT molecular complexity index is 523. The molecule has 0 radical (unpaired) electrons. The van der Waals surface area contributed by atoms with E-state index in [9.17, 15) is 0 Å². The van der Waals surface area contributed by atoms with Crippen LogP contribution in [0.25, 0.3) is 0 Å². The normalized spacial score (nSPS) is 9.94. The van der Waals surface area contributed by atoms with Gasteiger partial charge in [0.2, 0.25) is 0 Å². The summed E-state index contributed by atoms with van der Waals surface area (Å²) < 4.78 is 5.32. The first-order valence-electron chi connectivity index (χ1n) is 5.88. The summed E-state index contributed by atoms with van der Waals surface area (Å²) in [4.78, 5) is 2.08. The molecule has 18 heavy (non-hydrogen) atoms. The molecule has 94 valence electrons. The monoisotopic (exact) mass is 242 g/mol. The SMILES string of the molecule is COc1ccccc1Nc1cccc(N(C)C)c1. The number of hydrogen-bond acceptors (Lipinski definition) is 3. The predicted octanol–water partition coefficient (Wildman–Crippen LogP) is 3.50. The second-order valence-corrected chi connectivity index (χ2v) is 4.27. The maximum atomic E-state index is 5.32. The molecule has 0 saturated heterocycles. The summed E-state index contributed by atoms with van der Waals surface area (Å²) in [6, 6.07) is 16.1. The topological polar surface area (TPSA) is 24.5 Å². The predicted molar refractivity (Wildman–Crippen MR) is 77.0 cm³/mol. The fourth-order valence-electron chi connectivity index (χ4n) is 1.77. The highest BCUT2D eigenvalue weighted by Crippen LogP contribution is 2.28. The first-order valence-corrected chi connectivity index (χ1v) is 5.88. The van der Waals surface area contributed by atoms with E-state index in [-0.39, 0.29) is 0 Å². The van der Waals surface area contributed by atoms with Gasteiger partial charge in [-0.25, -0.2) is 0 Å². The maximum absolute atomic E-state index is 5.32. The summed E-state index contributed by atoms with van der Waals surface area (Å²) >= 11 is 0. The van der Waals surface area contributed by atoms with Crippen LogP contribution in [0.4, 0.5) is 17.1 Å². The summed E-state index contributed by atoms with van der Waals surface area (Å²) in [5.74, 6) is 0.841. The second kappa shape index (κ2) is 5.45. The van der Waals surface area contributed by atoms with E-state index in [1.54, 1.807) is 7.11 Å². The smallest absolute Gasteiger partial charge is 0.142 e. The summed E-state index contributed by atoms with van der Waals surface area (Å²) in [5, 5.41) is 3.37. The van der Waals surface area contributed by atoms with Crippen LogP contribution in [0.1, 0.15) is 0 Å². The van der Waals surface area contributed by atoms with Crippen molar-refractivity contribution in [2.75, 3.05) is 31.4 Å². The number of nitrogens with zero attached hydrogens (tertiary/aromatic N) is 1. The van der Waals surface area contributed by atoms with Crippen LogP contribution >= 0.6 is 0 Å². The zero-order valence-electron chi connectivity index (χ0n) is 11.0. The highest BCUT2D eigenvalue weighted by molar-refractivity contribution is 5.69. The average Bonchev–Trinajstić information content (AvgIpc) is 2.39. The van der Waals surface area contributed by atoms with Gasteiger partial charge in [-0.3, -0.25) is 0 Å². The minimum atomic E-state index is 0.841. The van der Waals surface area contributed by atoms with Crippen molar-refractivity contribution in [1.29, 1.82) is 0 Å². The van der Waals surface area contributed by atoms with Gasteiger partial charge >= 0.3 is 0 Å². The van der Waals surface area contributed by atoms with Gasteiger partial charge in [-0.15, -0.1) is 0 Å². The lowest BCUT2D eigenvalue weighted by atomic mass is 10.2. The third kappa shape index (κ3) is 2.74. The van der Waals surface area contributed by atoms with Gasteiger partial charge in [0.05, 0.1) is 12.8 Å². The van der Waals surface area contributed by atoms with Gasteiger partial charge in [0, 0.05) is 25.5 Å². The van der Waals surface area contributed by atoms with E-state index in [1.165, 1.54) is 0 Å². The Morgan fingerprint density at radius 2 is 1.78 bits per heavy atom. The van der Waals surface area contributed by atoms with Crippen molar-refractivity contribution in [2.24, 2.45) is 0 Å². The summed E-state index contributed by atoms with van der Waals surface area (Å²) in [5.41, 5.74) is 3.18. The summed E-state index contributed by atoms with van der Waals surface area (Å²) in [6.45, 7) is 0. The van der Waals surface area contributed by atoms with E-state index in [2.05, 4.69) is 22.3 Å². The van der Waals surface area contributed by atoms with E-state index in [0.717, 1.165) is 22.8 Å². The molecule has 0 aliphatic rings. The molecular formula is C15H18N2O. The van der Waals surface area contributed by atoms with Crippen LogP contribution in [-0.4, -0.2) is 21.2 Å². The molecular weight excluding hydrogens is 224 g/mol. The van der Waals surface area contributed by atoms with Crippen LogP contribution in [0.5, 0.6) is 5.75 Å². The molecule has 3 heteroatoms. The minimum Gasteiger partial charge on any atom is -0.495 e. The number of anilines is 3. The number of ether oxygens (including phenoxy) is 1. The molecule has 0 bridgehead atoms. The van der Waals surface area contributed by atoms with Crippen LogP contribution in [0.15, 0.2) is 48.5 Å². The molecule has 3 nitrogen and oxygen atoms in total. The molecule has 0 spiro atoms. The van der Waals surface area contributed by atoms with Gasteiger partial charge < -0.3 is 15.0 Å². The maximum Gasteiger partial charge on any atom is 0.142 e. The summed E-state index contributed by atoms with van der Waals surface area (Å²) in [7, 11) is 5.74. The Hall–Kier alpha value is -2.16. The average molecular weight is 242 g/mol. The Morgan fingerprint density at radius 3 is 2.50 bits per heavy atom. The van der Waals surface area contributed by atoms with Gasteiger partial charge in [-0.2, -0.15) is 0 Å². The van der Waals surface area contributed by atoms with Crippen molar-refractivity contribution in [3.63, 3.8) is 0 Å². The van der Waals surface area contributed by atoms with Crippen molar-refractivity contribution < 1.29 is 4.74 Å². The van der Waals surface area contributed by atoms with E-state index >= 15 is 0 Å². The van der Waals surface area contributed by atoms with Gasteiger partial charge in [0.1, 0.15) is 5.75 Å². The number of benzene rings is 2. The number of rotatable bonds is 4. The number of para-hydroxylation sites is 2. The third-order valence-electron chi connectivity index (χ3n) is 2.75. The highest BCUT2D eigenvalue weighted by Gasteiger charge is 2.02. The molecule has 2 aromatic rings. The molecule has 0 fully saturated rings. The fourth-order valence-corrected chi connectivity index (χ4v) is 1.77. The zero-order valence-corrected chi connectivity index (χ0v) is 11.0. The Kier molecular flexibility index (Phi) is 3.72. The number of hydrogen-bond donors (Lipinski definition) is 1. The molecule has 0 unspecified atom stereocenters. The molecule has 0 aromatic heterocycles. The quantitative estimate of drug-likeness (QED) is 0.888. The van der Waals surface area contributed by atoms with E-state index < -0.39 is 0 Å². The van der Waals surface area contributed by atoms with Crippen LogP contribution in [0.2, 0.25) is 0 Å². The third-order valence-corrected chi connectivity index (χ3v) is 2.75. The molecule has 0 saturated carbocycles. The van der Waals surface area contributed by atoms with Gasteiger partial charge in [0.25, 0.3) is 0 Å². The van der Waals surface area contributed by atoms with Crippen molar-refractivity contribution >= 4 is 17.1 Å². The molecule has 0 heterocycles. The van der Waals surface area contributed by atoms with Crippen LogP contribution in [0.3, 0.4) is 0 Å². The Morgan fingerprint density at radius 1 is 1.00 bits per heavy atom. The largest absolute Gasteiger partial charge is 0.495 e. The van der Waals surface area contributed by atoms with E-state index in [1.807, 2.05) is 50.5 Å². The Labute approximate surface area is 108 Å². The summed E-state index contributed by atoms with van der Waals surface area (Å²) in [6.07, 6.45) is 0. The second-order valence-electron chi connectivity index (χ2n) is 4.27. The number of nitrogens with one attached hydrogen (secondary N) is 1. The Balaban J connectivity index is 2.25. The molecule has 0 atom stereocenters.